The van der Waals surface area contributed by atoms with Crippen molar-refractivity contribution in [2.75, 3.05) is 18.5 Å². The number of hydrogen-bond donors (Lipinski definition) is 2. The Bertz CT molecular complexity index is 640. The highest BCUT2D eigenvalue weighted by Crippen LogP contribution is 2.17. The third-order valence-corrected chi connectivity index (χ3v) is 3.30. The first-order valence-corrected chi connectivity index (χ1v) is 7.28. The van der Waals surface area contributed by atoms with Gasteiger partial charge in [0.25, 0.3) is 0 Å². The molecule has 0 saturated carbocycles. The van der Waals surface area contributed by atoms with Crippen LogP contribution in [0.4, 0.5) is 5.69 Å². The Labute approximate surface area is 132 Å². The minimum atomic E-state index is -0.671. The van der Waals surface area contributed by atoms with E-state index in [4.69, 9.17) is 10.00 Å². The van der Waals surface area contributed by atoms with Crippen molar-refractivity contribution in [2.24, 2.45) is 0 Å². The fourth-order valence-corrected chi connectivity index (χ4v) is 2.16. The Morgan fingerprint density at radius 1 is 1.24 bits per heavy atom. The molecule has 5 heteroatoms. The van der Waals surface area contributed by atoms with Gasteiger partial charge in [0.05, 0.1) is 5.56 Å². The number of nitrogens with zero attached hydrogens (tertiary/aromatic N) is 1. The summed E-state index contributed by atoms with van der Waals surface area (Å²) in [5.41, 5.74) is 1.38. The van der Waals surface area contributed by atoms with Crippen molar-refractivity contribution >= 4 is 21.6 Å². The summed E-state index contributed by atoms with van der Waals surface area (Å²) >= 11 is 3.39. The molecular formula is C16H15BrN2O2. The van der Waals surface area contributed by atoms with Crippen molar-refractivity contribution in [3.63, 3.8) is 0 Å². The van der Waals surface area contributed by atoms with Crippen molar-refractivity contribution in [3.05, 3.63) is 58.6 Å². The van der Waals surface area contributed by atoms with Gasteiger partial charge in [0.2, 0.25) is 0 Å². The number of para-hydroxylation sites is 1. The first-order chi connectivity index (χ1) is 10.2. The molecule has 2 rings (SSSR count). The van der Waals surface area contributed by atoms with E-state index in [0.29, 0.717) is 17.9 Å². The molecule has 0 aliphatic rings. The van der Waals surface area contributed by atoms with E-state index in [9.17, 15) is 5.11 Å². The number of benzene rings is 2. The predicted molar refractivity (Wildman–Crippen MR) is 85.3 cm³/mol. The minimum Gasteiger partial charge on any atom is -0.489 e. The lowest BCUT2D eigenvalue weighted by molar-refractivity contribution is 0.117. The first kappa shape index (κ1) is 15.4. The van der Waals surface area contributed by atoms with Gasteiger partial charge < -0.3 is 15.2 Å². The van der Waals surface area contributed by atoms with E-state index in [1.54, 1.807) is 24.3 Å². The van der Waals surface area contributed by atoms with Crippen LogP contribution in [0.3, 0.4) is 0 Å². The maximum absolute atomic E-state index is 9.92. The van der Waals surface area contributed by atoms with Crippen LogP contribution in [-0.4, -0.2) is 24.4 Å². The maximum atomic E-state index is 9.92. The lowest BCUT2D eigenvalue weighted by atomic mass is 10.2. The highest BCUT2D eigenvalue weighted by molar-refractivity contribution is 9.10. The van der Waals surface area contributed by atoms with Gasteiger partial charge in [-0.2, -0.15) is 5.26 Å². The van der Waals surface area contributed by atoms with E-state index in [-0.39, 0.29) is 6.61 Å². The maximum Gasteiger partial charge on any atom is 0.137 e. The van der Waals surface area contributed by atoms with Gasteiger partial charge in [0.1, 0.15) is 24.5 Å². The van der Waals surface area contributed by atoms with Crippen LogP contribution in [0.25, 0.3) is 0 Å². The Kier molecular flexibility index (Phi) is 5.61. The van der Waals surface area contributed by atoms with Gasteiger partial charge in [-0.15, -0.1) is 0 Å². The fourth-order valence-electron chi connectivity index (χ4n) is 1.76. The molecule has 21 heavy (non-hydrogen) atoms. The number of ether oxygens (including phenoxy) is 1. The number of aliphatic hydroxyl groups is 1. The van der Waals surface area contributed by atoms with Gasteiger partial charge in [-0.25, -0.2) is 0 Å². The molecule has 1 atom stereocenters. The number of nitrogens with one attached hydrogen (secondary N) is 1. The number of nitriles is 1. The summed E-state index contributed by atoms with van der Waals surface area (Å²) in [5.74, 6) is 0.488. The zero-order chi connectivity index (χ0) is 15.1. The molecule has 108 valence electrons. The average Bonchev–Trinajstić information content (AvgIpc) is 2.51. The second kappa shape index (κ2) is 7.67. The van der Waals surface area contributed by atoms with Crippen LogP contribution in [0.5, 0.6) is 5.75 Å². The van der Waals surface area contributed by atoms with Crippen LogP contribution in [0.15, 0.2) is 53.0 Å². The molecule has 1 unspecified atom stereocenters. The molecule has 0 aromatic heterocycles. The lowest BCUT2D eigenvalue weighted by Gasteiger charge is -2.14. The lowest BCUT2D eigenvalue weighted by Crippen LogP contribution is -2.26. The molecule has 0 heterocycles. The zero-order valence-corrected chi connectivity index (χ0v) is 12.9. The summed E-state index contributed by atoms with van der Waals surface area (Å²) in [4.78, 5) is 0. The number of aliphatic hydroxyl groups excluding tert-OH is 1. The van der Waals surface area contributed by atoms with Gasteiger partial charge in [-0.1, -0.05) is 34.1 Å². The number of halogens is 1. The molecule has 0 spiro atoms. The molecule has 0 fully saturated rings. The van der Waals surface area contributed by atoms with Crippen LogP contribution in [-0.2, 0) is 0 Å². The van der Waals surface area contributed by atoms with E-state index in [1.165, 1.54) is 0 Å². The van der Waals surface area contributed by atoms with E-state index in [0.717, 1.165) is 10.2 Å². The normalized spacial score (nSPS) is 11.5. The van der Waals surface area contributed by atoms with Crippen LogP contribution in [0, 0.1) is 11.3 Å². The third-order valence-electron chi connectivity index (χ3n) is 2.81. The summed E-state index contributed by atoms with van der Waals surface area (Å²) in [6, 6.07) is 16.7. The molecule has 2 aromatic carbocycles. The Hall–Kier alpha value is -2.03. The summed E-state index contributed by atoms with van der Waals surface area (Å²) in [5, 5.41) is 22.0. The van der Waals surface area contributed by atoms with Crippen LogP contribution < -0.4 is 10.1 Å². The molecule has 0 aliphatic carbocycles. The van der Waals surface area contributed by atoms with Gasteiger partial charge in [-0.3, -0.25) is 0 Å². The predicted octanol–water partition coefficient (Wildman–Crippen LogP) is 3.17. The summed E-state index contributed by atoms with van der Waals surface area (Å²) in [6.07, 6.45) is -0.671. The van der Waals surface area contributed by atoms with Gasteiger partial charge in [0.15, 0.2) is 0 Å². The van der Waals surface area contributed by atoms with Gasteiger partial charge >= 0.3 is 0 Å². The van der Waals surface area contributed by atoms with Crippen molar-refractivity contribution in [2.45, 2.75) is 6.10 Å². The minimum absolute atomic E-state index is 0.125. The van der Waals surface area contributed by atoms with Crippen LogP contribution >= 0.6 is 15.9 Å². The summed E-state index contributed by atoms with van der Waals surface area (Å²) in [7, 11) is 0. The van der Waals surface area contributed by atoms with Crippen LogP contribution in [0.1, 0.15) is 5.56 Å². The molecule has 0 saturated heterocycles. The smallest absolute Gasteiger partial charge is 0.137 e. The molecule has 2 N–H and O–H groups in total. The van der Waals surface area contributed by atoms with Crippen molar-refractivity contribution in [1.29, 1.82) is 5.26 Å². The number of anilines is 1. The Morgan fingerprint density at radius 2 is 2.05 bits per heavy atom. The molecule has 0 radical (unpaired) electrons. The third kappa shape index (κ3) is 4.78. The molecule has 4 nitrogen and oxygen atoms in total. The molecule has 0 bridgehead atoms. The van der Waals surface area contributed by atoms with E-state index >= 15 is 0 Å². The number of hydrogen-bond acceptors (Lipinski definition) is 4. The van der Waals surface area contributed by atoms with Crippen molar-refractivity contribution in [3.8, 4) is 11.8 Å². The van der Waals surface area contributed by atoms with E-state index in [2.05, 4.69) is 27.3 Å². The monoisotopic (exact) mass is 346 g/mol. The highest BCUT2D eigenvalue weighted by atomic mass is 79.9. The van der Waals surface area contributed by atoms with Crippen LogP contribution in [0.2, 0.25) is 0 Å². The Balaban J connectivity index is 1.82. The molecule has 0 aliphatic heterocycles. The topological polar surface area (TPSA) is 65.3 Å². The van der Waals surface area contributed by atoms with Gasteiger partial charge in [0, 0.05) is 16.7 Å². The zero-order valence-electron chi connectivity index (χ0n) is 11.3. The SMILES string of the molecule is N#Cc1ccccc1OCC(O)CNc1cccc(Br)c1. The highest BCUT2D eigenvalue weighted by Gasteiger charge is 2.07. The van der Waals surface area contributed by atoms with E-state index < -0.39 is 6.10 Å². The number of rotatable bonds is 6. The fraction of sp³-hybridized carbons (Fsp3) is 0.188. The largest absolute Gasteiger partial charge is 0.489 e. The van der Waals surface area contributed by atoms with Crippen molar-refractivity contribution in [1.82, 2.24) is 0 Å². The molecule has 0 amide bonds. The second-order valence-electron chi connectivity index (χ2n) is 4.46. The first-order valence-electron chi connectivity index (χ1n) is 6.48. The summed E-state index contributed by atoms with van der Waals surface area (Å²) in [6.45, 7) is 0.491. The average molecular weight is 347 g/mol. The molecule has 2 aromatic rings. The van der Waals surface area contributed by atoms with Crippen molar-refractivity contribution < 1.29 is 9.84 Å². The van der Waals surface area contributed by atoms with Gasteiger partial charge in [-0.05, 0) is 30.3 Å². The Morgan fingerprint density at radius 3 is 2.81 bits per heavy atom. The standard InChI is InChI=1S/C16H15BrN2O2/c17-13-5-3-6-14(8-13)19-10-15(20)11-21-16-7-2-1-4-12(16)9-18/h1-8,15,19-20H,10-11H2. The molecular weight excluding hydrogens is 332 g/mol. The van der Waals surface area contributed by atoms with E-state index in [1.807, 2.05) is 24.3 Å². The summed E-state index contributed by atoms with van der Waals surface area (Å²) < 4.78 is 6.45. The quantitative estimate of drug-likeness (QED) is 0.842. The second-order valence-corrected chi connectivity index (χ2v) is 5.38.